The molecular formula is C26H25N3O3S. The largest absolute Gasteiger partial charge is 0.497 e. The number of amides is 1. The van der Waals surface area contributed by atoms with Gasteiger partial charge in [0.05, 0.1) is 13.2 Å². The summed E-state index contributed by atoms with van der Waals surface area (Å²) in [7, 11) is 1.61. The lowest BCUT2D eigenvalue weighted by Gasteiger charge is -2.56. The molecule has 3 aromatic carbocycles. The van der Waals surface area contributed by atoms with E-state index in [0.717, 1.165) is 28.3 Å². The first-order chi connectivity index (χ1) is 15.9. The van der Waals surface area contributed by atoms with E-state index in [1.165, 1.54) is 0 Å². The molecule has 168 valence electrons. The third-order valence-corrected chi connectivity index (χ3v) is 6.61. The third kappa shape index (κ3) is 3.58. The van der Waals surface area contributed by atoms with Crippen LogP contribution in [0.15, 0.2) is 72.8 Å². The summed E-state index contributed by atoms with van der Waals surface area (Å²) in [4.78, 5) is 15.7. The second-order valence-corrected chi connectivity index (χ2v) is 8.88. The number of nitrogens with zero attached hydrogens (tertiary/aromatic N) is 1. The van der Waals surface area contributed by atoms with E-state index in [9.17, 15) is 4.79 Å². The summed E-state index contributed by atoms with van der Waals surface area (Å²) in [5, 5.41) is 7.01. The van der Waals surface area contributed by atoms with Gasteiger partial charge in [-0.15, -0.1) is 0 Å². The fourth-order valence-electron chi connectivity index (χ4n) is 4.78. The van der Waals surface area contributed by atoms with Crippen LogP contribution < -0.4 is 25.0 Å². The van der Waals surface area contributed by atoms with E-state index >= 15 is 0 Å². The summed E-state index contributed by atoms with van der Waals surface area (Å²) in [6, 6.07) is 22.8. The number of carbonyl (C=O) groups is 1. The Hall–Kier alpha value is -3.58. The number of benzene rings is 3. The highest BCUT2D eigenvalue weighted by Crippen LogP contribution is 2.49. The van der Waals surface area contributed by atoms with Gasteiger partial charge >= 0.3 is 0 Å². The first-order valence-corrected chi connectivity index (χ1v) is 11.2. The minimum Gasteiger partial charge on any atom is -0.497 e. The zero-order valence-corrected chi connectivity index (χ0v) is 19.5. The Balaban J connectivity index is 1.59. The van der Waals surface area contributed by atoms with Gasteiger partial charge in [0.2, 0.25) is 5.91 Å². The van der Waals surface area contributed by atoms with Crippen LogP contribution in [0.25, 0.3) is 0 Å². The zero-order valence-electron chi connectivity index (χ0n) is 18.7. The minimum atomic E-state index is -1.04. The Labute approximate surface area is 198 Å². The highest BCUT2D eigenvalue weighted by Gasteiger charge is 2.59. The molecule has 3 aromatic rings. The monoisotopic (exact) mass is 459 g/mol. The molecule has 3 atom stereocenters. The summed E-state index contributed by atoms with van der Waals surface area (Å²) in [5.74, 6) is 0.729. The van der Waals surface area contributed by atoms with Crippen molar-refractivity contribution < 1.29 is 14.3 Å². The van der Waals surface area contributed by atoms with Crippen LogP contribution in [0.2, 0.25) is 0 Å². The van der Waals surface area contributed by atoms with Crippen LogP contribution in [-0.4, -0.2) is 23.9 Å². The summed E-state index contributed by atoms with van der Waals surface area (Å²) < 4.78 is 11.8. The molecule has 2 aliphatic rings. The predicted octanol–water partition coefficient (Wildman–Crippen LogP) is 4.80. The molecule has 5 rings (SSSR count). The third-order valence-electron chi connectivity index (χ3n) is 6.31. The predicted molar refractivity (Wildman–Crippen MR) is 133 cm³/mol. The van der Waals surface area contributed by atoms with E-state index in [1.54, 1.807) is 7.11 Å². The molecule has 0 spiro atoms. The van der Waals surface area contributed by atoms with E-state index in [1.807, 2.05) is 91.5 Å². The van der Waals surface area contributed by atoms with Crippen molar-refractivity contribution in [3.05, 3.63) is 83.9 Å². The van der Waals surface area contributed by atoms with E-state index < -0.39 is 11.6 Å². The summed E-state index contributed by atoms with van der Waals surface area (Å²) >= 11 is 5.79. The van der Waals surface area contributed by atoms with Crippen molar-refractivity contribution in [3.63, 3.8) is 0 Å². The van der Waals surface area contributed by atoms with Gasteiger partial charge in [-0.1, -0.05) is 30.3 Å². The van der Waals surface area contributed by atoms with Crippen LogP contribution >= 0.6 is 12.2 Å². The number of para-hydroxylation sites is 1. The molecule has 1 amide bonds. The number of thiocarbonyl (C=S) groups is 1. The summed E-state index contributed by atoms with van der Waals surface area (Å²) in [5.41, 5.74) is 2.53. The number of carbonyl (C=O) groups excluding carboxylic acids is 1. The normalized spacial score (nSPS) is 23.1. The standard InChI is InChI=1S/C26H25N3O3S/c1-16-7-6-8-18(15-16)29-25(33)28-23-20-9-4-5-10-21(20)32-26(29,2)22(23)24(30)27-17-11-13-19(31-3)14-12-17/h4-15,22-23H,1-3H3,(H,27,30)(H,28,33)/t22-,23+,26+/m0/s1. The Bertz CT molecular complexity index is 1230. The highest BCUT2D eigenvalue weighted by atomic mass is 32.1. The number of aryl methyl sites for hydroxylation is 1. The maximum absolute atomic E-state index is 13.8. The molecule has 0 saturated carbocycles. The number of anilines is 2. The topological polar surface area (TPSA) is 62.8 Å². The van der Waals surface area contributed by atoms with Gasteiger partial charge in [0.25, 0.3) is 0 Å². The summed E-state index contributed by atoms with van der Waals surface area (Å²) in [6.45, 7) is 3.96. The number of hydrogen-bond acceptors (Lipinski definition) is 4. The average Bonchev–Trinajstić information content (AvgIpc) is 2.79. The van der Waals surface area contributed by atoms with Crippen molar-refractivity contribution in [3.8, 4) is 11.5 Å². The number of hydrogen-bond donors (Lipinski definition) is 2. The van der Waals surface area contributed by atoms with E-state index in [4.69, 9.17) is 21.7 Å². The molecule has 2 N–H and O–H groups in total. The van der Waals surface area contributed by atoms with Gasteiger partial charge in [-0.05, 0) is 74.1 Å². The van der Waals surface area contributed by atoms with Crippen LogP contribution in [0.1, 0.15) is 24.1 Å². The number of ether oxygens (including phenoxy) is 2. The zero-order chi connectivity index (χ0) is 23.2. The van der Waals surface area contributed by atoms with Gasteiger partial charge in [0, 0.05) is 16.9 Å². The molecule has 7 heteroatoms. The SMILES string of the molecule is COc1ccc(NC(=O)[C@@H]2[C@@H]3NC(=S)N(c4cccc(C)c4)[C@]2(C)Oc2ccccc23)cc1. The molecule has 0 aliphatic carbocycles. The quantitative estimate of drug-likeness (QED) is 0.547. The fraction of sp³-hybridized carbons (Fsp3) is 0.231. The second-order valence-electron chi connectivity index (χ2n) is 8.49. The molecule has 0 radical (unpaired) electrons. The molecule has 0 unspecified atom stereocenters. The van der Waals surface area contributed by atoms with Crippen LogP contribution in [0, 0.1) is 12.8 Å². The second kappa shape index (κ2) is 8.08. The molecule has 2 heterocycles. The Morgan fingerprint density at radius 1 is 1.12 bits per heavy atom. The lowest BCUT2D eigenvalue weighted by Crippen LogP contribution is -2.72. The molecule has 2 bridgehead atoms. The van der Waals surface area contributed by atoms with E-state index in [2.05, 4.69) is 10.6 Å². The Kier molecular flexibility index (Phi) is 5.21. The molecule has 0 aromatic heterocycles. The van der Waals surface area contributed by atoms with Crippen LogP contribution in [-0.2, 0) is 4.79 Å². The average molecular weight is 460 g/mol. The summed E-state index contributed by atoms with van der Waals surface area (Å²) in [6.07, 6.45) is 0. The van der Waals surface area contributed by atoms with Gasteiger partial charge in [-0.3, -0.25) is 9.69 Å². The van der Waals surface area contributed by atoms with Crippen molar-refractivity contribution in [2.75, 3.05) is 17.3 Å². The molecule has 2 aliphatic heterocycles. The first-order valence-electron chi connectivity index (χ1n) is 10.8. The van der Waals surface area contributed by atoms with Gasteiger partial charge in [-0.2, -0.15) is 0 Å². The van der Waals surface area contributed by atoms with Crippen molar-refractivity contribution >= 4 is 34.6 Å². The number of fused-ring (bicyclic) bond motifs is 4. The van der Waals surface area contributed by atoms with Crippen molar-refractivity contribution in [1.29, 1.82) is 0 Å². The first kappa shape index (κ1) is 21.3. The lowest BCUT2D eigenvalue weighted by atomic mass is 9.78. The molecule has 1 saturated heterocycles. The van der Waals surface area contributed by atoms with Gasteiger partial charge in [0.1, 0.15) is 17.4 Å². The molecule has 33 heavy (non-hydrogen) atoms. The van der Waals surface area contributed by atoms with Gasteiger partial charge in [-0.25, -0.2) is 0 Å². The maximum atomic E-state index is 13.8. The van der Waals surface area contributed by atoms with Crippen molar-refractivity contribution in [2.45, 2.75) is 25.6 Å². The number of nitrogens with one attached hydrogen (secondary N) is 2. The number of rotatable bonds is 4. The minimum absolute atomic E-state index is 0.158. The van der Waals surface area contributed by atoms with Gasteiger partial charge in [0.15, 0.2) is 10.8 Å². The number of methoxy groups -OCH3 is 1. The Morgan fingerprint density at radius 2 is 1.88 bits per heavy atom. The highest BCUT2D eigenvalue weighted by molar-refractivity contribution is 7.80. The Morgan fingerprint density at radius 3 is 2.61 bits per heavy atom. The van der Waals surface area contributed by atoms with E-state index in [-0.39, 0.29) is 11.9 Å². The maximum Gasteiger partial charge on any atom is 0.236 e. The van der Waals surface area contributed by atoms with Crippen LogP contribution in [0.5, 0.6) is 11.5 Å². The molecular weight excluding hydrogens is 434 g/mol. The fourth-order valence-corrected chi connectivity index (χ4v) is 5.19. The smallest absolute Gasteiger partial charge is 0.236 e. The van der Waals surface area contributed by atoms with Crippen LogP contribution in [0.4, 0.5) is 11.4 Å². The van der Waals surface area contributed by atoms with Gasteiger partial charge < -0.3 is 20.1 Å². The van der Waals surface area contributed by atoms with Crippen molar-refractivity contribution in [2.24, 2.45) is 5.92 Å². The lowest BCUT2D eigenvalue weighted by molar-refractivity contribution is -0.130. The molecule has 6 nitrogen and oxygen atoms in total. The molecule has 1 fully saturated rings. The van der Waals surface area contributed by atoms with E-state index in [0.29, 0.717) is 10.8 Å². The van der Waals surface area contributed by atoms with Crippen molar-refractivity contribution in [1.82, 2.24) is 5.32 Å². The van der Waals surface area contributed by atoms with Crippen LogP contribution in [0.3, 0.4) is 0 Å².